The number of hydrogen-bond acceptors (Lipinski definition) is 0. The Hall–Kier alpha value is -2.08. The maximum absolute atomic E-state index is 3.69. The van der Waals surface area contributed by atoms with Crippen molar-refractivity contribution in [1.82, 2.24) is 0 Å². The molecule has 0 atom stereocenters. The van der Waals surface area contributed by atoms with Crippen LogP contribution in [0.25, 0.3) is 6.08 Å². The summed E-state index contributed by atoms with van der Waals surface area (Å²) in [4.78, 5) is 0. The molecule has 0 saturated heterocycles. The van der Waals surface area contributed by atoms with E-state index in [1.54, 1.807) is 12.2 Å². The quantitative estimate of drug-likeness (QED) is 0.622. The van der Waals surface area contributed by atoms with Crippen molar-refractivity contribution in [2.75, 3.05) is 0 Å². The van der Waals surface area contributed by atoms with Gasteiger partial charge in [0.05, 0.1) is 0 Å². The third-order valence-electron chi connectivity index (χ3n) is 2.00. The molecule has 0 nitrogen and oxygen atoms in total. The second-order valence-electron chi connectivity index (χ2n) is 3.24. The Balaban J connectivity index is 2.80. The van der Waals surface area contributed by atoms with Crippen LogP contribution in [-0.4, -0.2) is 0 Å². The predicted octanol–water partition coefficient (Wildman–Crippen LogP) is 4.55. The van der Waals surface area contributed by atoms with Gasteiger partial charge in [0.1, 0.15) is 0 Å². The van der Waals surface area contributed by atoms with E-state index in [1.165, 1.54) is 5.56 Å². The van der Waals surface area contributed by atoms with Gasteiger partial charge in [0.2, 0.25) is 0 Å². The number of benzene rings is 1. The van der Waals surface area contributed by atoms with E-state index >= 15 is 0 Å². The molecular formula is C16H16. The fourth-order valence-electron chi connectivity index (χ4n) is 1.24. The standard InChI is InChI=1S/C16H16/c1-3-5-10-15(9-4-2)13-14-16-11-7-6-8-12-16/h3-14H,1-2H2. The molecule has 0 heteroatoms. The molecule has 0 fully saturated rings. The highest BCUT2D eigenvalue weighted by Crippen LogP contribution is 2.06. The molecule has 0 aliphatic carbocycles. The summed E-state index contributed by atoms with van der Waals surface area (Å²) in [5.41, 5.74) is 2.28. The highest BCUT2D eigenvalue weighted by atomic mass is 13.9. The summed E-state index contributed by atoms with van der Waals surface area (Å²) in [5.74, 6) is 0. The third kappa shape index (κ3) is 4.43. The summed E-state index contributed by atoms with van der Waals surface area (Å²) in [6, 6.07) is 10.2. The van der Waals surface area contributed by atoms with Gasteiger partial charge in [-0.25, -0.2) is 0 Å². The first-order valence-electron chi connectivity index (χ1n) is 5.22. The first-order chi connectivity index (χ1) is 7.86. The maximum Gasteiger partial charge on any atom is -0.0256 e. The van der Waals surface area contributed by atoms with Crippen LogP contribution in [0, 0.1) is 0 Å². The lowest BCUT2D eigenvalue weighted by Gasteiger charge is -1.93. The van der Waals surface area contributed by atoms with Crippen molar-refractivity contribution in [1.29, 1.82) is 0 Å². The predicted molar refractivity (Wildman–Crippen MR) is 73.1 cm³/mol. The van der Waals surface area contributed by atoms with Crippen molar-refractivity contribution in [2.24, 2.45) is 0 Å². The van der Waals surface area contributed by atoms with Crippen LogP contribution in [0.3, 0.4) is 0 Å². The number of allylic oxidation sites excluding steroid dienone is 7. The Bertz CT molecular complexity index is 417. The summed E-state index contributed by atoms with van der Waals surface area (Å²) in [5, 5.41) is 0. The molecule has 0 heterocycles. The molecule has 0 N–H and O–H groups in total. The summed E-state index contributed by atoms with van der Waals surface area (Å²) in [6.45, 7) is 7.34. The Labute approximate surface area is 97.6 Å². The van der Waals surface area contributed by atoms with Gasteiger partial charge >= 0.3 is 0 Å². The van der Waals surface area contributed by atoms with Crippen LogP contribution < -0.4 is 0 Å². The molecule has 1 rings (SSSR count). The van der Waals surface area contributed by atoms with Gasteiger partial charge in [-0.15, -0.1) is 0 Å². The molecule has 0 aliphatic rings. The second kappa shape index (κ2) is 7.24. The van der Waals surface area contributed by atoms with E-state index < -0.39 is 0 Å². The third-order valence-corrected chi connectivity index (χ3v) is 2.00. The molecule has 16 heavy (non-hydrogen) atoms. The van der Waals surface area contributed by atoms with E-state index in [4.69, 9.17) is 0 Å². The number of rotatable bonds is 5. The van der Waals surface area contributed by atoms with E-state index in [-0.39, 0.29) is 0 Å². The summed E-state index contributed by atoms with van der Waals surface area (Å²) in [6.07, 6.45) is 13.5. The van der Waals surface area contributed by atoms with Gasteiger partial charge in [-0.05, 0) is 11.1 Å². The van der Waals surface area contributed by atoms with Crippen molar-refractivity contribution in [3.8, 4) is 0 Å². The normalized spacial score (nSPS) is 12.1. The van der Waals surface area contributed by atoms with Crippen molar-refractivity contribution < 1.29 is 0 Å². The molecule has 1 aromatic rings. The first-order valence-corrected chi connectivity index (χ1v) is 5.22. The zero-order valence-electron chi connectivity index (χ0n) is 9.34. The SMILES string of the molecule is C=CC=CC(C=Cc1ccccc1)=CC=C. The van der Waals surface area contributed by atoms with Gasteiger partial charge in [0.25, 0.3) is 0 Å². The van der Waals surface area contributed by atoms with Crippen LogP contribution in [0.1, 0.15) is 5.56 Å². The van der Waals surface area contributed by atoms with Crippen LogP contribution in [-0.2, 0) is 0 Å². The zero-order chi connectivity index (χ0) is 11.6. The van der Waals surface area contributed by atoms with Crippen molar-refractivity contribution in [2.45, 2.75) is 0 Å². The van der Waals surface area contributed by atoms with Gasteiger partial charge in [0, 0.05) is 0 Å². The van der Waals surface area contributed by atoms with Gasteiger partial charge in [0.15, 0.2) is 0 Å². The van der Waals surface area contributed by atoms with E-state index in [9.17, 15) is 0 Å². The Morgan fingerprint density at radius 3 is 2.31 bits per heavy atom. The minimum Gasteiger partial charge on any atom is -0.0991 e. The summed E-state index contributed by atoms with van der Waals surface area (Å²) >= 11 is 0. The zero-order valence-corrected chi connectivity index (χ0v) is 9.34. The van der Waals surface area contributed by atoms with E-state index in [2.05, 4.69) is 37.4 Å². The van der Waals surface area contributed by atoms with Crippen LogP contribution >= 0.6 is 0 Å². The minimum absolute atomic E-state index is 1.10. The molecule has 0 radical (unpaired) electrons. The second-order valence-corrected chi connectivity index (χ2v) is 3.24. The summed E-state index contributed by atoms with van der Waals surface area (Å²) < 4.78 is 0. The van der Waals surface area contributed by atoms with Crippen LogP contribution in [0.5, 0.6) is 0 Å². The maximum atomic E-state index is 3.69. The van der Waals surface area contributed by atoms with Crippen LogP contribution in [0.15, 0.2) is 85.5 Å². The monoisotopic (exact) mass is 208 g/mol. The highest BCUT2D eigenvalue weighted by Gasteiger charge is 1.85. The molecule has 0 spiro atoms. The Morgan fingerprint density at radius 1 is 0.938 bits per heavy atom. The Morgan fingerprint density at radius 2 is 1.69 bits per heavy atom. The van der Waals surface area contributed by atoms with Gasteiger partial charge in [-0.3, -0.25) is 0 Å². The molecule has 0 aliphatic heterocycles. The van der Waals surface area contributed by atoms with Crippen LogP contribution in [0.2, 0.25) is 0 Å². The molecule has 0 amide bonds. The topological polar surface area (TPSA) is 0 Å². The fraction of sp³-hybridized carbons (Fsp3) is 0. The average molecular weight is 208 g/mol. The van der Waals surface area contributed by atoms with Crippen molar-refractivity contribution >= 4 is 6.08 Å². The van der Waals surface area contributed by atoms with E-state index in [0.717, 1.165) is 5.57 Å². The summed E-state index contributed by atoms with van der Waals surface area (Å²) in [7, 11) is 0. The van der Waals surface area contributed by atoms with Gasteiger partial charge in [-0.2, -0.15) is 0 Å². The molecular weight excluding hydrogens is 192 g/mol. The van der Waals surface area contributed by atoms with E-state index in [0.29, 0.717) is 0 Å². The molecule has 0 unspecified atom stereocenters. The van der Waals surface area contributed by atoms with Crippen molar-refractivity contribution in [3.63, 3.8) is 0 Å². The smallest absolute Gasteiger partial charge is 0.0256 e. The van der Waals surface area contributed by atoms with Crippen LogP contribution in [0.4, 0.5) is 0 Å². The van der Waals surface area contributed by atoms with Gasteiger partial charge < -0.3 is 0 Å². The number of hydrogen-bond donors (Lipinski definition) is 0. The first kappa shape index (κ1) is 12.0. The average Bonchev–Trinajstić information content (AvgIpc) is 2.34. The van der Waals surface area contributed by atoms with Gasteiger partial charge in [-0.1, -0.05) is 86.0 Å². The lowest BCUT2D eigenvalue weighted by atomic mass is 10.1. The minimum atomic E-state index is 1.10. The molecule has 0 aromatic heterocycles. The molecule has 0 saturated carbocycles. The van der Waals surface area contributed by atoms with Crippen molar-refractivity contribution in [3.05, 3.63) is 91.1 Å². The molecule has 0 bridgehead atoms. The lowest BCUT2D eigenvalue weighted by Crippen LogP contribution is -1.72. The Kier molecular flexibility index (Phi) is 5.43. The molecule has 80 valence electrons. The lowest BCUT2D eigenvalue weighted by molar-refractivity contribution is 1.64. The largest absolute Gasteiger partial charge is 0.0991 e. The highest BCUT2D eigenvalue weighted by molar-refractivity contribution is 5.55. The molecule has 1 aromatic carbocycles. The fourth-order valence-corrected chi connectivity index (χ4v) is 1.24. The van der Waals surface area contributed by atoms with E-state index in [1.807, 2.05) is 36.4 Å².